The third kappa shape index (κ3) is 4.42. The van der Waals surface area contributed by atoms with Crippen molar-refractivity contribution in [3.63, 3.8) is 0 Å². The Hall–Kier alpha value is -2.69. The zero-order valence-electron chi connectivity index (χ0n) is 12.0. The second kappa shape index (κ2) is 7.19. The van der Waals surface area contributed by atoms with E-state index in [2.05, 4.69) is 27.2 Å². The summed E-state index contributed by atoms with van der Waals surface area (Å²) in [6.45, 7) is 6.70. The van der Waals surface area contributed by atoms with Crippen molar-refractivity contribution in [1.29, 1.82) is 0 Å². The Morgan fingerprint density at radius 2 is 2.05 bits per heavy atom. The molecule has 21 heavy (non-hydrogen) atoms. The number of hydrogen-bond acceptors (Lipinski definition) is 4. The Morgan fingerprint density at radius 1 is 1.29 bits per heavy atom. The highest BCUT2D eigenvalue weighted by Gasteiger charge is 2.08. The number of hydrogen-bond donors (Lipinski definition) is 2. The van der Waals surface area contributed by atoms with Gasteiger partial charge < -0.3 is 10.6 Å². The monoisotopic (exact) mass is 282 g/mol. The van der Waals surface area contributed by atoms with E-state index in [-0.39, 0.29) is 5.91 Å². The number of aryl methyl sites for hydroxylation is 1. The van der Waals surface area contributed by atoms with Gasteiger partial charge in [-0.3, -0.25) is 4.79 Å². The second-order valence-electron chi connectivity index (χ2n) is 4.63. The van der Waals surface area contributed by atoms with Crippen LogP contribution in [0.15, 0.2) is 49.3 Å². The minimum absolute atomic E-state index is 0.223. The van der Waals surface area contributed by atoms with Gasteiger partial charge in [0.2, 0.25) is 0 Å². The van der Waals surface area contributed by atoms with E-state index in [1.807, 2.05) is 31.2 Å². The molecular formula is C16H18N4O. The fourth-order valence-electron chi connectivity index (χ4n) is 1.73. The number of amides is 1. The summed E-state index contributed by atoms with van der Waals surface area (Å²) < 4.78 is 0. The molecule has 0 radical (unpaired) electrons. The molecule has 1 amide bonds. The van der Waals surface area contributed by atoms with Crippen LogP contribution in [-0.4, -0.2) is 22.4 Å². The van der Waals surface area contributed by atoms with Crippen LogP contribution in [0.1, 0.15) is 21.6 Å². The summed E-state index contributed by atoms with van der Waals surface area (Å²) in [5, 5.41) is 5.86. The van der Waals surface area contributed by atoms with Crippen molar-refractivity contribution in [2.45, 2.75) is 13.5 Å². The first-order valence-corrected chi connectivity index (χ1v) is 6.69. The summed E-state index contributed by atoms with van der Waals surface area (Å²) in [6.07, 6.45) is 3.09. The number of nitrogens with zero attached hydrogens (tertiary/aromatic N) is 2. The number of nitrogens with one attached hydrogen (secondary N) is 2. The molecule has 5 heteroatoms. The summed E-state index contributed by atoms with van der Waals surface area (Å²) in [6, 6.07) is 9.64. The van der Waals surface area contributed by atoms with E-state index in [1.165, 1.54) is 11.9 Å². The van der Waals surface area contributed by atoms with Crippen molar-refractivity contribution in [3.8, 4) is 0 Å². The van der Waals surface area contributed by atoms with Crippen molar-refractivity contribution in [3.05, 3.63) is 66.1 Å². The van der Waals surface area contributed by atoms with E-state index in [4.69, 9.17) is 0 Å². The first-order chi connectivity index (χ1) is 10.2. The lowest BCUT2D eigenvalue weighted by molar-refractivity contribution is 0.0946. The Kier molecular flexibility index (Phi) is 5.04. The lowest BCUT2D eigenvalue weighted by Crippen LogP contribution is -2.24. The van der Waals surface area contributed by atoms with Crippen LogP contribution in [0.25, 0.3) is 0 Å². The van der Waals surface area contributed by atoms with Gasteiger partial charge in [0.25, 0.3) is 5.91 Å². The van der Waals surface area contributed by atoms with Crippen LogP contribution in [0.5, 0.6) is 0 Å². The molecule has 0 bridgehead atoms. The van der Waals surface area contributed by atoms with E-state index in [9.17, 15) is 4.79 Å². The summed E-state index contributed by atoms with van der Waals surface area (Å²) >= 11 is 0. The predicted octanol–water partition coefficient (Wildman–Crippen LogP) is 2.31. The molecule has 0 unspecified atom stereocenters. The maximum atomic E-state index is 12.1. The summed E-state index contributed by atoms with van der Waals surface area (Å²) in [5.41, 5.74) is 2.58. The van der Waals surface area contributed by atoms with Crippen LogP contribution in [-0.2, 0) is 6.54 Å². The van der Waals surface area contributed by atoms with E-state index < -0.39 is 0 Å². The molecule has 0 aliphatic heterocycles. The fourth-order valence-corrected chi connectivity index (χ4v) is 1.73. The van der Waals surface area contributed by atoms with Crippen molar-refractivity contribution in [2.75, 3.05) is 11.9 Å². The maximum absolute atomic E-state index is 12.1. The van der Waals surface area contributed by atoms with Crippen LogP contribution < -0.4 is 10.6 Å². The number of carbonyl (C=O) groups is 1. The van der Waals surface area contributed by atoms with Gasteiger partial charge in [0.05, 0.1) is 0 Å². The Bertz CT molecular complexity index is 622. The van der Waals surface area contributed by atoms with Gasteiger partial charge in [-0.2, -0.15) is 0 Å². The molecule has 1 aromatic carbocycles. The molecule has 0 saturated carbocycles. The minimum Gasteiger partial charge on any atom is -0.366 e. The van der Waals surface area contributed by atoms with Crippen LogP contribution in [0, 0.1) is 6.92 Å². The van der Waals surface area contributed by atoms with Crippen LogP contribution >= 0.6 is 0 Å². The number of benzene rings is 1. The Labute approximate surface area is 124 Å². The normalized spacial score (nSPS) is 9.95. The van der Waals surface area contributed by atoms with Gasteiger partial charge in [-0.1, -0.05) is 35.9 Å². The first kappa shape index (κ1) is 14.7. The Morgan fingerprint density at radius 3 is 2.76 bits per heavy atom. The van der Waals surface area contributed by atoms with Crippen molar-refractivity contribution in [2.24, 2.45) is 0 Å². The highest BCUT2D eigenvalue weighted by Crippen LogP contribution is 2.05. The smallest absolute Gasteiger partial charge is 0.270 e. The average molecular weight is 282 g/mol. The quantitative estimate of drug-likeness (QED) is 0.798. The molecule has 0 spiro atoms. The minimum atomic E-state index is -0.223. The molecule has 2 aromatic rings. The van der Waals surface area contributed by atoms with E-state index in [0.29, 0.717) is 24.6 Å². The third-order valence-electron chi connectivity index (χ3n) is 2.90. The second-order valence-corrected chi connectivity index (χ2v) is 4.63. The molecule has 1 heterocycles. The van der Waals surface area contributed by atoms with Gasteiger partial charge in [-0.05, 0) is 12.5 Å². The van der Waals surface area contributed by atoms with Gasteiger partial charge in [0.1, 0.15) is 17.8 Å². The van der Waals surface area contributed by atoms with Gasteiger partial charge in [0.15, 0.2) is 0 Å². The number of carbonyl (C=O) groups excluding carboxylic acids is 1. The highest BCUT2D eigenvalue weighted by atomic mass is 16.1. The zero-order chi connectivity index (χ0) is 15.1. The molecule has 0 saturated heterocycles. The zero-order valence-corrected chi connectivity index (χ0v) is 12.0. The largest absolute Gasteiger partial charge is 0.366 e. The lowest BCUT2D eigenvalue weighted by Gasteiger charge is -2.07. The maximum Gasteiger partial charge on any atom is 0.270 e. The molecule has 5 nitrogen and oxygen atoms in total. The van der Waals surface area contributed by atoms with Crippen molar-refractivity contribution in [1.82, 2.24) is 15.3 Å². The van der Waals surface area contributed by atoms with Gasteiger partial charge in [0, 0.05) is 19.2 Å². The Balaban J connectivity index is 1.96. The molecular weight excluding hydrogens is 264 g/mol. The van der Waals surface area contributed by atoms with Gasteiger partial charge >= 0.3 is 0 Å². The first-order valence-electron chi connectivity index (χ1n) is 6.69. The molecule has 0 fully saturated rings. The SMILES string of the molecule is C=CCNc1cc(C(=O)NCc2ccc(C)cc2)ncn1. The molecule has 2 rings (SSSR count). The fraction of sp³-hybridized carbons (Fsp3) is 0.188. The van der Waals surface area contributed by atoms with Crippen LogP contribution in [0.4, 0.5) is 5.82 Å². The van der Waals surface area contributed by atoms with E-state index in [0.717, 1.165) is 5.56 Å². The van der Waals surface area contributed by atoms with Crippen LogP contribution in [0.3, 0.4) is 0 Å². The van der Waals surface area contributed by atoms with E-state index >= 15 is 0 Å². The molecule has 0 aliphatic rings. The summed E-state index contributed by atoms with van der Waals surface area (Å²) in [7, 11) is 0. The van der Waals surface area contributed by atoms with Gasteiger partial charge in [-0.15, -0.1) is 6.58 Å². The standard InChI is InChI=1S/C16H18N4O/c1-3-8-17-15-9-14(19-11-20-15)16(21)18-10-13-6-4-12(2)5-7-13/h3-7,9,11H,1,8,10H2,2H3,(H,18,21)(H,17,19,20). The molecule has 0 aliphatic carbocycles. The van der Waals surface area contributed by atoms with Crippen molar-refractivity contribution >= 4 is 11.7 Å². The molecule has 1 aromatic heterocycles. The van der Waals surface area contributed by atoms with Crippen molar-refractivity contribution < 1.29 is 4.79 Å². The number of rotatable bonds is 6. The highest BCUT2D eigenvalue weighted by molar-refractivity contribution is 5.92. The topological polar surface area (TPSA) is 66.9 Å². The average Bonchev–Trinajstić information content (AvgIpc) is 2.52. The number of anilines is 1. The third-order valence-corrected chi connectivity index (χ3v) is 2.90. The number of aromatic nitrogens is 2. The molecule has 0 atom stereocenters. The van der Waals surface area contributed by atoms with Gasteiger partial charge in [-0.25, -0.2) is 9.97 Å². The summed E-state index contributed by atoms with van der Waals surface area (Å²) in [4.78, 5) is 20.1. The molecule has 108 valence electrons. The predicted molar refractivity (Wildman–Crippen MR) is 83.1 cm³/mol. The molecule has 2 N–H and O–H groups in total. The lowest BCUT2D eigenvalue weighted by atomic mass is 10.1. The summed E-state index contributed by atoms with van der Waals surface area (Å²) in [5.74, 6) is 0.380. The van der Waals surface area contributed by atoms with E-state index in [1.54, 1.807) is 12.1 Å². The van der Waals surface area contributed by atoms with Crippen LogP contribution in [0.2, 0.25) is 0 Å².